The molecule has 1 aliphatic rings. The zero-order valence-corrected chi connectivity index (χ0v) is 8.96. The molecule has 0 aliphatic heterocycles. The molecule has 1 aromatic rings. The van der Waals surface area contributed by atoms with E-state index in [-0.39, 0.29) is 17.8 Å². The van der Waals surface area contributed by atoms with Gasteiger partial charge in [-0.25, -0.2) is 4.39 Å². The van der Waals surface area contributed by atoms with Crippen molar-refractivity contribution < 1.29 is 13.5 Å². The fourth-order valence-electron chi connectivity index (χ4n) is 2.17. The van der Waals surface area contributed by atoms with Gasteiger partial charge < -0.3 is 10.5 Å². The van der Waals surface area contributed by atoms with Gasteiger partial charge in [-0.2, -0.15) is 4.39 Å². The van der Waals surface area contributed by atoms with E-state index in [1.807, 2.05) is 0 Å². The van der Waals surface area contributed by atoms with Gasteiger partial charge in [-0.1, -0.05) is 6.07 Å². The van der Waals surface area contributed by atoms with Gasteiger partial charge in [-0.15, -0.1) is 0 Å². The average molecular weight is 227 g/mol. The number of benzene rings is 1. The summed E-state index contributed by atoms with van der Waals surface area (Å²) in [5.74, 6) is -1.54. The van der Waals surface area contributed by atoms with E-state index in [0.29, 0.717) is 6.54 Å². The van der Waals surface area contributed by atoms with E-state index in [4.69, 9.17) is 10.5 Å². The first-order valence-electron chi connectivity index (χ1n) is 5.53. The molecular weight excluding hydrogens is 212 g/mol. The third-order valence-corrected chi connectivity index (χ3v) is 3.09. The normalized spacial score (nSPS) is 24.7. The summed E-state index contributed by atoms with van der Waals surface area (Å²) < 4.78 is 31.8. The third-order valence-electron chi connectivity index (χ3n) is 3.09. The smallest absolute Gasteiger partial charge is 0.200 e. The minimum absolute atomic E-state index is 0.00894. The van der Waals surface area contributed by atoms with Crippen molar-refractivity contribution in [2.24, 2.45) is 11.7 Å². The van der Waals surface area contributed by atoms with Gasteiger partial charge in [0.1, 0.15) is 6.10 Å². The molecule has 1 aromatic carbocycles. The minimum Gasteiger partial charge on any atom is -0.487 e. The van der Waals surface area contributed by atoms with E-state index >= 15 is 0 Å². The highest BCUT2D eigenvalue weighted by atomic mass is 19.2. The molecular formula is C12H15F2NO. The molecule has 1 aliphatic carbocycles. The topological polar surface area (TPSA) is 35.2 Å². The van der Waals surface area contributed by atoms with Crippen LogP contribution in [0.3, 0.4) is 0 Å². The number of hydrogen-bond acceptors (Lipinski definition) is 2. The monoisotopic (exact) mass is 227 g/mol. The Labute approximate surface area is 93.4 Å². The number of rotatable bonds is 3. The molecule has 0 saturated heterocycles. The van der Waals surface area contributed by atoms with E-state index in [9.17, 15) is 8.78 Å². The second kappa shape index (κ2) is 4.78. The molecule has 88 valence electrons. The number of halogens is 2. The molecule has 0 bridgehead atoms. The van der Waals surface area contributed by atoms with Crippen molar-refractivity contribution in [2.75, 3.05) is 6.54 Å². The van der Waals surface area contributed by atoms with E-state index in [1.54, 1.807) is 0 Å². The summed E-state index contributed by atoms with van der Waals surface area (Å²) in [6.07, 6.45) is 2.81. The highest BCUT2D eigenvalue weighted by Gasteiger charge is 2.28. The first kappa shape index (κ1) is 11.3. The molecule has 2 nitrogen and oxygen atoms in total. The summed E-state index contributed by atoms with van der Waals surface area (Å²) in [7, 11) is 0. The van der Waals surface area contributed by atoms with Crippen LogP contribution in [0.25, 0.3) is 0 Å². The zero-order valence-electron chi connectivity index (χ0n) is 8.96. The van der Waals surface area contributed by atoms with Crippen LogP contribution >= 0.6 is 0 Å². The van der Waals surface area contributed by atoms with Crippen molar-refractivity contribution in [1.29, 1.82) is 0 Å². The van der Waals surface area contributed by atoms with Crippen LogP contribution in [0, 0.1) is 17.6 Å². The lowest BCUT2D eigenvalue weighted by Gasteiger charge is -2.20. The van der Waals surface area contributed by atoms with Crippen LogP contribution in [-0.4, -0.2) is 12.6 Å². The number of ether oxygens (including phenoxy) is 1. The molecule has 16 heavy (non-hydrogen) atoms. The van der Waals surface area contributed by atoms with Gasteiger partial charge >= 0.3 is 0 Å². The van der Waals surface area contributed by atoms with Crippen LogP contribution in [0.1, 0.15) is 19.3 Å². The summed E-state index contributed by atoms with van der Waals surface area (Å²) in [5.41, 5.74) is 5.60. The summed E-state index contributed by atoms with van der Waals surface area (Å²) >= 11 is 0. The maximum atomic E-state index is 13.4. The Balaban J connectivity index is 2.11. The Morgan fingerprint density at radius 1 is 1.31 bits per heavy atom. The highest BCUT2D eigenvalue weighted by molar-refractivity contribution is 5.25. The molecule has 0 spiro atoms. The summed E-state index contributed by atoms with van der Waals surface area (Å²) in [6.45, 7) is 0.529. The van der Waals surface area contributed by atoms with Gasteiger partial charge in [-0.3, -0.25) is 0 Å². The summed E-state index contributed by atoms with van der Waals surface area (Å²) in [4.78, 5) is 0. The summed E-state index contributed by atoms with van der Waals surface area (Å²) in [5, 5.41) is 0. The molecule has 2 rings (SSSR count). The SMILES string of the molecule is NCC1CCCC1Oc1cccc(F)c1F. The predicted octanol–water partition coefficient (Wildman–Crippen LogP) is 2.47. The van der Waals surface area contributed by atoms with Crippen LogP contribution < -0.4 is 10.5 Å². The summed E-state index contributed by atoms with van der Waals surface area (Å²) in [6, 6.07) is 3.97. The second-order valence-electron chi connectivity index (χ2n) is 4.13. The third kappa shape index (κ3) is 2.16. The van der Waals surface area contributed by atoms with Crippen LogP contribution in [0.2, 0.25) is 0 Å². The second-order valence-corrected chi connectivity index (χ2v) is 4.13. The average Bonchev–Trinajstić information content (AvgIpc) is 2.72. The quantitative estimate of drug-likeness (QED) is 0.861. The van der Waals surface area contributed by atoms with Crippen LogP contribution in [0.4, 0.5) is 8.78 Å². The van der Waals surface area contributed by atoms with Gasteiger partial charge in [0.15, 0.2) is 11.6 Å². The Morgan fingerprint density at radius 3 is 2.88 bits per heavy atom. The van der Waals surface area contributed by atoms with Crippen molar-refractivity contribution in [3.05, 3.63) is 29.8 Å². The fourth-order valence-corrected chi connectivity index (χ4v) is 2.17. The molecule has 1 fully saturated rings. The maximum Gasteiger partial charge on any atom is 0.200 e. The fraction of sp³-hybridized carbons (Fsp3) is 0.500. The lowest BCUT2D eigenvalue weighted by atomic mass is 10.1. The van der Waals surface area contributed by atoms with E-state index < -0.39 is 11.6 Å². The van der Waals surface area contributed by atoms with E-state index in [2.05, 4.69) is 0 Å². The molecule has 4 heteroatoms. The first-order valence-corrected chi connectivity index (χ1v) is 5.53. The Kier molecular flexibility index (Phi) is 3.39. The van der Waals surface area contributed by atoms with Crippen LogP contribution in [0.15, 0.2) is 18.2 Å². The molecule has 2 N–H and O–H groups in total. The van der Waals surface area contributed by atoms with Gasteiger partial charge in [-0.05, 0) is 37.9 Å². The van der Waals surface area contributed by atoms with Crippen molar-refractivity contribution in [3.63, 3.8) is 0 Å². The molecule has 0 heterocycles. The molecule has 0 radical (unpaired) electrons. The van der Waals surface area contributed by atoms with Gasteiger partial charge in [0.2, 0.25) is 5.82 Å². The molecule has 2 atom stereocenters. The van der Waals surface area contributed by atoms with Gasteiger partial charge in [0.05, 0.1) is 0 Å². The van der Waals surface area contributed by atoms with Crippen molar-refractivity contribution in [3.8, 4) is 5.75 Å². The molecule has 0 amide bonds. The Bertz CT molecular complexity index is 370. The van der Waals surface area contributed by atoms with Gasteiger partial charge in [0.25, 0.3) is 0 Å². The predicted molar refractivity (Wildman–Crippen MR) is 57.2 cm³/mol. The van der Waals surface area contributed by atoms with Crippen molar-refractivity contribution >= 4 is 0 Å². The molecule has 1 saturated carbocycles. The lowest BCUT2D eigenvalue weighted by Crippen LogP contribution is -2.28. The van der Waals surface area contributed by atoms with Crippen molar-refractivity contribution in [2.45, 2.75) is 25.4 Å². The maximum absolute atomic E-state index is 13.4. The van der Waals surface area contributed by atoms with Crippen LogP contribution in [-0.2, 0) is 0 Å². The Morgan fingerprint density at radius 2 is 2.12 bits per heavy atom. The van der Waals surface area contributed by atoms with Crippen molar-refractivity contribution in [1.82, 2.24) is 0 Å². The largest absolute Gasteiger partial charge is 0.487 e. The van der Waals surface area contributed by atoms with E-state index in [1.165, 1.54) is 12.1 Å². The standard InChI is InChI=1S/C12H15F2NO/c13-9-4-2-6-11(12(9)14)16-10-5-1-3-8(10)7-15/h2,4,6,8,10H,1,3,5,7,15H2. The number of hydrogen-bond donors (Lipinski definition) is 1. The number of nitrogens with two attached hydrogens (primary N) is 1. The minimum atomic E-state index is -0.912. The molecule has 0 aromatic heterocycles. The Hall–Kier alpha value is -1.16. The highest BCUT2D eigenvalue weighted by Crippen LogP contribution is 2.30. The zero-order chi connectivity index (χ0) is 11.5. The molecule has 2 unspecified atom stereocenters. The van der Waals surface area contributed by atoms with Crippen LogP contribution in [0.5, 0.6) is 5.75 Å². The lowest BCUT2D eigenvalue weighted by molar-refractivity contribution is 0.154. The van der Waals surface area contributed by atoms with Gasteiger partial charge in [0, 0.05) is 5.92 Å². The first-order chi connectivity index (χ1) is 7.72. The van der Waals surface area contributed by atoms with E-state index in [0.717, 1.165) is 25.3 Å².